The molecule has 0 aromatic heterocycles. The van der Waals surface area contributed by atoms with E-state index in [-0.39, 0.29) is 33.0 Å². The molecule has 0 aliphatic heterocycles. The zero-order valence-electron chi connectivity index (χ0n) is 14.6. The summed E-state index contributed by atoms with van der Waals surface area (Å²) in [4.78, 5) is 12.0. The van der Waals surface area contributed by atoms with Crippen LogP contribution in [0.1, 0.15) is 34.6 Å². The molecule has 0 fully saturated rings. The minimum Gasteiger partial charge on any atom is -0.320 e. The Balaban J connectivity index is 6.30. The number of carbonyl (C=O) groups excluding carboxylic acids is 1. The summed E-state index contributed by atoms with van der Waals surface area (Å²) in [6, 6.07) is 0. The van der Waals surface area contributed by atoms with Gasteiger partial charge >= 0.3 is 24.8 Å². The molecular formula is C15H28O7P+. The molecule has 0 bridgehead atoms. The molecule has 0 aliphatic rings. The van der Waals surface area contributed by atoms with Crippen molar-refractivity contribution < 1.29 is 33.0 Å². The van der Waals surface area contributed by atoms with Crippen molar-refractivity contribution in [2.45, 2.75) is 46.1 Å². The van der Waals surface area contributed by atoms with Gasteiger partial charge in [0, 0.05) is 6.08 Å². The summed E-state index contributed by atoms with van der Waals surface area (Å²) >= 11 is 0. The minimum absolute atomic E-state index is 0.112. The van der Waals surface area contributed by atoms with E-state index in [0.29, 0.717) is 0 Å². The summed E-state index contributed by atoms with van der Waals surface area (Å²) in [6.07, 6.45) is 0.958. The quantitative estimate of drug-likeness (QED) is 0.270. The number of rotatable bonds is 14. The summed E-state index contributed by atoms with van der Waals surface area (Å²) in [5.74, 6) is -1.93. The highest BCUT2D eigenvalue weighted by molar-refractivity contribution is 7.65. The van der Waals surface area contributed by atoms with E-state index in [1.807, 2.05) is 0 Å². The van der Waals surface area contributed by atoms with Crippen molar-refractivity contribution in [3.8, 4) is 0 Å². The smallest absolute Gasteiger partial charge is 0.320 e. The van der Waals surface area contributed by atoms with Gasteiger partial charge < -0.3 is 23.7 Å². The van der Waals surface area contributed by atoms with Crippen LogP contribution in [0.2, 0.25) is 0 Å². The third-order valence-electron chi connectivity index (χ3n) is 2.71. The molecule has 0 N–H and O–H groups in total. The van der Waals surface area contributed by atoms with Crippen LogP contribution < -0.4 is 0 Å². The molecular weight excluding hydrogens is 323 g/mol. The van der Waals surface area contributed by atoms with E-state index < -0.39 is 24.8 Å². The van der Waals surface area contributed by atoms with Gasteiger partial charge in [0.2, 0.25) is 0 Å². The Labute approximate surface area is 139 Å². The lowest BCUT2D eigenvalue weighted by Crippen LogP contribution is -2.61. The Kier molecular flexibility index (Phi) is 10.6. The molecule has 0 spiro atoms. The van der Waals surface area contributed by atoms with Crippen molar-refractivity contribution in [3.05, 3.63) is 12.7 Å². The molecule has 0 amide bonds. The van der Waals surface area contributed by atoms with Gasteiger partial charge in [-0.2, -0.15) is 0 Å². The summed E-state index contributed by atoms with van der Waals surface area (Å²) < 4.78 is 41.0. The van der Waals surface area contributed by atoms with Crippen molar-refractivity contribution >= 4 is 13.3 Å². The molecule has 0 rings (SSSR count). The molecule has 0 aliphatic carbocycles. The second-order valence-corrected chi connectivity index (χ2v) is 5.76. The fourth-order valence-corrected chi connectivity index (χ4v) is 3.44. The Morgan fingerprint density at radius 2 is 1.22 bits per heavy atom. The lowest BCUT2D eigenvalue weighted by Gasteiger charge is -2.39. The number of hydrogen-bond acceptors (Lipinski definition) is 7. The van der Waals surface area contributed by atoms with Crippen LogP contribution in [0, 0.1) is 0 Å². The second-order valence-electron chi connectivity index (χ2n) is 4.14. The maximum atomic E-state index is 12.9. The first-order valence-corrected chi connectivity index (χ1v) is 9.04. The van der Waals surface area contributed by atoms with Gasteiger partial charge in [0.1, 0.15) is 0 Å². The zero-order chi connectivity index (χ0) is 17.9. The van der Waals surface area contributed by atoms with Crippen LogP contribution in [0.15, 0.2) is 12.7 Å². The molecule has 0 radical (unpaired) electrons. The highest BCUT2D eigenvalue weighted by Crippen LogP contribution is 2.52. The first-order chi connectivity index (χ1) is 10.9. The monoisotopic (exact) mass is 351 g/mol. The van der Waals surface area contributed by atoms with Crippen LogP contribution >= 0.6 is 7.80 Å². The average Bonchev–Trinajstić information content (AvgIpc) is 2.53. The Bertz CT molecular complexity index is 374. The van der Waals surface area contributed by atoms with Gasteiger partial charge in [-0.15, -0.1) is 0 Å². The van der Waals surface area contributed by atoms with Gasteiger partial charge in [0.05, 0.1) is 33.0 Å². The first-order valence-electron chi connectivity index (χ1n) is 7.78. The summed E-state index contributed by atoms with van der Waals surface area (Å²) in [7, 11) is -2.75. The minimum atomic E-state index is -2.75. The second kappa shape index (κ2) is 11.0. The molecule has 0 aromatic rings. The third kappa shape index (κ3) is 4.89. The predicted octanol–water partition coefficient (Wildman–Crippen LogP) is 3.02. The first kappa shape index (κ1) is 22.3. The fourth-order valence-electron chi connectivity index (χ4n) is 2.05. The van der Waals surface area contributed by atoms with E-state index in [0.717, 1.165) is 6.08 Å². The summed E-state index contributed by atoms with van der Waals surface area (Å²) in [5.41, 5.74) is -2.76. The van der Waals surface area contributed by atoms with Gasteiger partial charge in [-0.05, 0) is 34.6 Å². The molecule has 0 heterocycles. The predicted molar refractivity (Wildman–Crippen MR) is 86.4 cm³/mol. The van der Waals surface area contributed by atoms with Crippen molar-refractivity contribution in [1.29, 1.82) is 0 Å². The van der Waals surface area contributed by atoms with Gasteiger partial charge in [-0.25, -0.2) is 4.79 Å². The van der Waals surface area contributed by atoms with Gasteiger partial charge in [-0.1, -0.05) is 11.1 Å². The molecule has 0 aromatic carbocycles. The van der Waals surface area contributed by atoms with Crippen molar-refractivity contribution in [3.63, 3.8) is 0 Å². The summed E-state index contributed by atoms with van der Waals surface area (Å²) in [5, 5.41) is 0. The fraction of sp³-hybridized carbons (Fsp3) is 0.800. The molecule has 23 heavy (non-hydrogen) atoms. The average molecular weight is 351 g/mol. The van der Waals surface area contributed by atoms with Crippen LogP contribution in [0.3, 0.4) is 0 Å². The maximum Gasteiger partial charge on any atom is 0.495 e. The van der Waals surface area contributed by atoms with Gasteiger partial charge in [0.25, 0.3) is 0 Å². The van der Waals surface area contributed by atoms with Crippen LogP contribution in [0.4, 0.5) is 0 Å². The lowest BCUT2D eigenvalue weighted by atomic mass is 10.4. The van der Waals surface area contributed by atoms with Gasteiger partial charge in [0.15, 0.2) is 0 Å². The third-order valence-corrected chi connectivity index (χ3v) is 4.36. The molecule has 8 heteroatoms. The molecule has 134 valence electrons. The SMILES string of the molecule is C=CC(=O)[P+](=O)C(OCC)(OCC)C(OCC)(OCC)OCC. The van der Waals surface area contributed by atoms with Crippen molar-refractivity contribution in [2.24, 2.45) is 0 Å². The van der Waals surface area contributed by atoms with Crippen LogP contribution in [-0.2, 0) is 33.0 Å². The van der Waals surface area contributed by atoms with E-state index in [1.54, 1.807) is 34.6 Å². The maximum absolute atomic E-state index is 12.9. The lowest BCUT2D eigenvalue weighted by molar-refractivity contribution is -0.468. The van der Waals surface area contributed by atoms with Crippen LogP contribution in [0.25, 0.3) is 0 Å². The number of hydrogen-bond donors (Lipinski definition) is 0. The van der Waals surface area contributed by atoms with Crippen LogP contribution in [0.5, 0.6) is 0 Å². The Morgan fingerprint density at radius 3 is 1.48 bits per heavy atom. The Morgan fingerprint density at radius 1 is 0.870 bits per heavy atom. The van der Waals surface area contributed by atoms with E-state index in [1.165, 1.54) is 0 Å². The molecule has 1 atom stereocenters. The highest BCUT2D eigenvalue weighted by Gasteiger charge is 2.74. The normalized spacial score (nSPS) is 13.0. The Hall–Kier alpha value is -0.690. The number of allylic oxidation sites excluding steroid dienone is 1. The van der Waals surface area contributed by atoms with Gasteiger partial charge in [-0.3, -0.25) is 0 Å². The molecule has 0 saturated carbocycles. The largest absolute Gasteiger partial charge is 0.495 e. The molecule has 0 saturated heterocycles. The molecule has 7 nitrogen and oxygen atoms in total. The van der Waals surface area contributed by atoms with Crippen LogP contribution in [-0.4, -0.2) is 50.1 Å². The molecule has 1 unspecified atom stereocenters. The van der Waals surface area contributed by atoms with E-state index >= 15 is 0 Å². The topological polar surface area (TPSA) is 80.3 Å². The standard InChI is InChI=1S/C15H28O7P/c1-7-13(16)23(17)15(21-11-5,22-12-6)14(18-8-2,19-9-3)20-10-4/h7H,1,8-12H2,2-6H3/q+1. The van der Waals surface area contributed by atoms with E-state index in [9.17, 15) is 9.36 Å². The number of carbonyl (C=O) groups is 1. The summed E-state index contributed by atoms with van der Waals surface area (Å²) in [6.45, 7) is 12.6. The number of ether oxygens (including phenoxy) is 5. The van der Waals surface area contributed by atoms with E-state index in [2.05, 4.69) is 6.58 Å². The van der Waals surface area contributed by atoms with E-state index in [4.69, 9.17) is 23.7 Å². The zero-order valence-corrected chi connectivity index (χ0v) is 15.5. The van der Waals surface area contributed by atoms with Crippen molar-refractivity contribution in [1.82, 2.24) is 0 Å². The highest BCUT2D eigenvalue weighted by atomic mass is 31.1. The van der Waals surface area contributed by atoms with Crippen molar-refractivity contribution in [2.75, 3.05) is 33.0 Å².